The Morgan fingerprint density at radius 3 is 2.71 bits per heavy atom. The van der Waals surface area contributed by atoms with Gasteiger partial charge in [0.05, 0.1) is 6.04 Å². The zero-order chi connectivity index (χ0) is 17.9. The molecule has 2 amide bonds. The summed E-state index contributed by atoms with van der Waals surface area (Å²) in [5.41, 5.74) is 0.354. The third kappa shape index (κ3) is 4.87. The van der Waals surface area contributed by atoms with Gasteiger partial charge in [0.15, 0.2) is 0 Å². The van der Waals surface area contributed by atoms with Crippen molar-refractivity contribution in [1.29, 1.82) is 0 Å². The third-order valence-electron chi connectivity index (χ3n) is 3.89. The summed E-state index contributed by atoms with van der Waals surface area (Å²) >= 11 is 6.00. The van der Waals surface area contributed by atoms with Crippen molar-refractivity contribution in [3.63, 3.8) is 0 Å². The van der Waals surface area contributed by atoms with Crippen molar-refractivity contribution in [2.45, 2.75) is 58.2 Å². The van der Waals surface area contributed by atoms with E-state index in [9.17, 15) is 9.59 Å². The molecule has 132 valence electrons. The maximum atomic E-state index is 12.6. The fraction of sp³-hybridized carbons (Fsp3) is 0.556. The molecular formula is C18H25ClN2O3. The highest BCUT2D eigenvalue weighted by Gasteiger charge is 2.36. The molecule has 1 aliphatic rings. The standard InChI is InChI=1S/C18H25ClN2O3/c1-12(13-7-5-8-14(19)11-13)20-16(22)15-9-6-10-21(15)17(23)24-18(2,3)4/h5,7-8,11-12,15H,6,9-10H2,1-4H3,(H,20,22)/t12-,15-/m1/s1. The van der Waals surface area contributed by atoms with Crippen molar-refractivity contribution in [3.8, 4) is 0 Å². The highest BCUT2D eigenvalue weighted by atomic mass is 35.5. The van der Waals surface area contributed by atoms with Crippen LogP contribution in [0.4, 0.5) is 4.79 Å². The van der Waals surface area contributed by atoms with E-state index in [0.717, 1.165) is 12.0 Å². The van der Waals surface area contributed by atoms with E-state index in [0.29, 0.717) is 18.0 Å². The van der Waals surface area contributed by atoms with Gasteiger partial charge in [-0.05, 0) is 58.2 Å². The lowest BCUT2D eigenvalue weighted by molar-refractivity contribution is -0.126. The lowest BCUT2D eigenvalue weighted by Gasteiger charge is -2.28. The molecule has 1 aromatic carbocycles. The van der Waals surface area contributed by atoms with Gasteiger partial charge >= 0.3 is 6.09 Å². The predicted molar refractivity (Wildman–Crippen MR) is 94.0 cm³/mol. The van der Waals surface area contributed by atoms with E-state index in [2.05, 4.69) is 5.32 Å². The summed E-state index contributed by atoms with van der Waals surface area (Å²) in [5, 5.41) is 3.60. The van der Waals surface area contributed by atoms with Crippen LogP contribution in [0, 0.1) is 0 Å². The van der Waals surface area contributed by atoms with Crippen LogP contribution < -0.4 is 5.32 Å². The molecule has 1 heterocycles. The molecule has 0 unspecified atom stereocenters. The summed E-state index contributed by atoms with van der Waals surface area (Å²) in [6.07, 6.45) is 1.01. The van der Waals surface area contributed by atoms with Gasteiger partial charge in [-0.1, -0.05) is 23.7 Å². The maximum absolute atomic E-state index is 12.6. The number of nitrogens with zero attached hydrogens (tertiary/aromatic N) is 1. The largest absolute Gasteiger partial charge is 0.444 e. The van der Waals surface area contributed by atoms with E-state index < -0.39 is 17.7 Å². The number of nitrogens with one attached hydrogen (secondary N) is 1. The average Bonchev–Trinajstić information content (AvgIpc) is 2.95. The second kappa shape index (κ2) is 7.43. The van der Waals surface area contributed by atoms with Gasteiger partial charge in [0.1, 0.15) is 11.6 Å². The van der Waals surface area contributed by atoms with Gasteiger partial charge in [0.2, 0.25) is 5.91 Å². The number of rotatable bonds is 3. The molecular weight excluding hydrogens is 328 g/mol. The summed E-state index contributed by atoms with van der Waals surface area (Å²) in [6.45, 7) is 7.89. The number of hydrogen-bond donors (Lipinski definition) is 1. The van der Waals surface area contributed by atoms with Crippen LogP contribution in [0.15, 0.2) is 24.3 Å². The van der Waals surface area contributed by atoms with E-state index in [1.54, 1.807) is 6.07 Å². The second-order valence-electron chi connectivity index (χ2n) is 7.12. The number of likely N-dealkylation sites (tertiary alicyclic amines) is 1. The molecule has 2 rings (SSSR count). The van der Waals surface area contributed by atoms with Crippen LogP contribution in [0.1, 0.15) is 52.1 Å². The van der Waals surface area contributed by atoms with E-state index in [4.69, 9.17) is 16.3 Å². The number of hydrogen-bond acceptors (Lipinski definition) is 3. The number of ether oxygens (including phenoxy) is 1. The van der Waals surface area contributed by atoms with E-state index in [1.807, 2.05) is 45.9 Å². The molecule has 6 heteroatoms. The molecule has 0 aliphatic carbocycles. The SMILES string of the molecule is C[C@@H](NC(=O)[C@H]1CCCN1C(=O)OC(C)(C)C)c1cccc(Cl)c1. The quantitative estimate of drug-likeness (QED) is 0.897. The van der Waals surface area contributed by atoms with Crippen LogP contribution in [-0.2, 0) is 9.53 Å². The summed E-state index contributed by atoms with van der Waals surface area (Å²) in [6, 6.07) is 6.71. The molecule has 0 spiro atoms. The molecule has 24 heavy (non-hydrogen) atoms. The normalized spacial score (nSPS) is 19.0. The molecule has 0 aromatic heterocycles. The summed E-state index contributed by atoms with van der Waals surface area (Å²) in [7, 11) is 0. The fourth-order valence-corrected chi connectivity index (χ4v) is 2.95. The molecule has 0 saturated carbocycles. The maximum Gasteiger partial charge on any atom is 0.410 e. The first kappa shape index (κ1) is 18.6. The smallest absolute Gasteiger partial charge is 0.410 e. The van der Waals surface area contributed by atoms with E-state index in [1.165, 1.54) is 4.90 Å². The molecule has 1 aromatic rings. The Labute approximate surface area is 148 Å². The highest BCUT2D eigenvalue weighted by molar-refractivity contribution is 6.30. The topological polar surface area (TPSA) is 58.6 Å². The zero-order valence-electron chi connectivity index (χ0n) is 14.6. The average molecular weight is 353 g/mol. The van der Waals surface area contributed by atoms with Gasteiger partial charge in [-0.2, -0.15) is 0 Å². The molecule has 0 radical (unpaired) electrons. The number of benzene rings is 1. The molecule has 0 bridgehead atoms. The minimum absolute atomic E-state index is 0.161. The zero-order valence-corrected chi connectivity index (χ0v) is 15.4. The number of carbonyl (C=O) groups is 2. The third-order valence-corrected chi connectivity index (χ3v) is 4.13. The van der Waals surface area contributed by atoms with Crippen molar-refractivity contribution in [2.75, 3.05) is 6.54 Å². The second-order valence-corrected chi connectivity index (χ2v) is 7.55. The minimum Gasteiger partial charge on any atom is -0.444 e. The van der Waals surface area contributed by atoms with Crippen molar-refractivity contribution < 1.29 is 14.3 Å². The van der Waals surface area contributed by atoms with Crippen LogP contribution in [0.25, 0.3) is 0 Å². The van der Waals surface area contributed by atoms with Crippen LogP contribution in [0.2, 0.25) is 5.02 Å². The Hall–Kier alpha value is -1.75. The lowest BCUT2D eigenvalue weighted by Crippen LogP contribution is -2.48. The molecule has 5 nitrogen and oxygen atoms in total. The Morgan fingerprint density at radius 2 is 2.08 bits per heavy atom. The number of carbonyl (C=O) groups excluding carboxylic acids is 2. The Bertz CT molecular complexity index is 613. The van der Waals surface area contributed by atoms with Crippen LogP contribution in [0.3, 0.4) is 0 Å². The van der Waals surface area contributed by atoms with E-state index >= 15 is 0 Å². The molecule has 1 aliphatic heterocycles. The highest BCUT2D eigenvalue weighted by Crippen LogP contribution is 2.23. The van der Waals surface area contributed by atoms with Gasteiger partial charge in [-0.15, -0.1) is 0 Å². The van der Waals surface area contributed by atoms with Gasteiger partial charge < -0.3 is 10.1 Å². The molecule has 1 saturated heterocycles. The summed E-state index contributed by atoms with van der Waals surface area (Å²) in [5.74, 6) is -0.161. The van der Waals surface area contributed by atoms with Crippen molar-refractivity contribution in [3.05, 3.63) is 34.9 Å². The lowest BCUT2D eigenvalue weighted by atomic mass is 10.1. The van der Waals surface area contributed by atoms with Gasteiger partial charge in [0.25, 0.3) is 0 Å². The first-order chi connectivity index (χ1) is 11.2. The van der Waals surface area contributed by atoms with Crippen LogP contribution in [-0.4, -0.2) is 35.1 Å². The summed E-state index contributed by atoms with van der Waals surface area (Å²) in [4.78, 5) is 26.4. The number of amides is 2. The Kier molecular flexibility index (Phi) is 5.75. The van der Waals surface area contributed by atoms with Gasteiger partial charge in [-0.3, -0.25) is 9.69 Å². The molecule has 2 atom stereocenters. The van der Waals surface area contributed by atoms with E-state index in [-0.39, 0.29) is 11.9 Å². The predicted octanol–water partition coefficient (Wildman–Crippen LogP) is 3.92. The van der Waals surface area contributed by atoms with Gasteiger partial charge in [-0.25, -0.2) is 4.79 Å². The molecule has 1 fully saturated rings. The number of halogens is 1. The van der Waals surface area contributed by atoms with Crippen molar-refractivity contribution in [2.24, 2.45) is 0 Å². The molecule has 1 N–H and O–H groups in total. The minimum atomic E-state index is -0.575. The Morgan fingerprint density at radius 1 is 1.38 bits per heavy atom. The first-order valence-electron chi connectivity index (χ1n) is 8.23. The van der Waals surface area contributed by atoms with Crippen molar-refractivity contribution in [1.82, 2.24) is 10.2 Å². The Balaban J connectivity index is 2.01. The van der Waals surface area contributed by atoms with Gasteiger partial charge in [0, 0.05) is 11.6 Å². The van der Waals surface area contributed by atoms with Crippen LogP contribution >= 0.6 is 11.6 Å². The first-order valence-corrected chi connectivity index (χ1v) is 8.60. The fourth-order valence-electron chi connectivity index (χ4n) is 2.75. The monoisotopic (exact) mass is 352 g/mol. The summed E-state index contributed by atoms with van der Waals surface area (Å²) < 4.78 is 5.40. The van der Waals surface area contributed by atoms with Crippen LogP contribution in [0.5, 0.6) is 0 Å². The van der Waals surface area contributed by atoms with Crippen molar-refractivity contribution >= 4 is 23.6 Å².